The topological polar surface area (TPSA) is 84.1 Å². The van der Waals surface area contributed by atoms with Gasteiger partial charge in [0.05, 0.1) is 18.0 Å². The summed E-state index contributed by atoms with van der Waals surface area (Å²) in [4.78, 5) is 10.4. The Hall–Kier alpha value is -2.02. The molecular formula is C10H8NO3-. The van der Waals surface area contributed by atoms with Gasteiger partial charge in [0.25, 0.3) is 0 Å². The van der Waals surface area contributed by atoms with Crippen molar-refractivity contribution in [3.8, 4) is 11.8 Å². The Bertz CT molecular complexity index is 364. The lowest BCUT2D eigenvalue weighted by Gasteiger charge is -2.09. The van der Waals surface area contributed by atoms with Crippen molar-refractivity contribution in [3.63, 3.8) is 0 Å². The highest BCUT2D eigenvalue weighted by molar-refractivity contribution is 5.71. The standard InChI is InChI=1S/C10H9NO3/c11-6-8(10(13)14)5-7-1-3-9(12)4-2-7/h1-4,8,12H,5H2,(H,13,14)/p-1. The van der Waals surface area contributed by atoms with Gasteiger partial charge in [-0.2, -0.15) is 5.26 Å². The number of hydrogen-bond acceptors (Lipinski definition) is 4. The van der Waals surface area contributed by atoms with Crippen LogP contribution in [0.1, 0.15) is 5.56 Å². The minimum atomic E-state index is -1.37. The molecule has 0 aliphatic heterocycles. The number of benzene rings is 1. The van der Waals surface area contributed by atoms with Gasteiger partial charge in [-0.25, -0.2) is 0 Å². The number of carboxylic acid groups (broad SMARTS) is 1. The van der Waals surface area contributed by atoms with Gasteiger partial charge in [-0.1, -0.05) is 12.1 Å². The normalized spacial score (nSPS) is 11.6. The Labute approximate surface area is 81.0 Å². The van der Waals surface area contributed by atoms with Crippen LogP contribution >= 0.6 is 0 Å². The van der Waals surface area contributed by atoms with E-state index >= 15 is 0 Å². The molecule has 0 aromatic heterocycles. The minimum Gasteiger partial charge on any atom is -0.549 e. The van der Waals surface area contributed by atoms with Crippen LogP contribution < -0.4 is 5.11 Å². The number of nitrogens with zero attached hydrogens (tertiary/aromatic N) is 1. The van der Waals surface area contributed by atoms with Crippen LogP contribution in [0.2, 0.25) is 0 Å². The number of carbonyl (C=O) groups excluding carboxylic acids is 1. The van der Waals surface area contributed by atoms with E-state index in [-0.39, 0.29) is 12.2 Å². The number of aromatic hydroxyl groups is 1. The SMILES string of the molecule is N#CC(Cc1ccc(O)cc1)C(=O)[O-]. The summed E-state index contributed by atoms with van der Waals surface area (Å²) >= 11 is 0. The summed E-state index contributed by atoms with van der Waals surface area (Å²) in [6.07, 6.45) is 0.0963. The molecule has 1 aromatic rings. The molecule has 1 unspecified atom stereocenters. The summed E-state index contributed by atoms with van der Waals surface area (Å²) in [6, 6.07) is 7.67. The van der Waals surface area contributed by atoms with Crippen molar-refractivity contribution in [2.24, 2.45) is 5.92 Å². The predicted octanol–water partition coefficient (Wildman–Crippen LogP) is -0.176. The van der Waals surface area contributed by atoms with Gasteiger partial charge >= 0.3 is 0 Å². The molecule has 1 N–H and O–H groups in total. The van der Waals surface area contributed by atoms with Crippen LogP contribution in [-0.4, -0.2) is 11.1 Å². The summed E-state index contributed by atoms with van der Waals surface area (Å²) in [5, 5.41) is 27.9. The van der Waals surface area contributed by atoms with Crippen molar-refractivity contribution in [1.29, 1.82) is 5.26 Å². The molecule has 0 aliphatic rings. The summed E-state index contributed by atoms with van der Waals surface area (Å²) in [7, 11) is 0. The Morgan fingerprint density at radius 3 is 2.50 bits per heavy atom. The van der Waals surface area contributed by atoms with Crippen LogP contribution in [0, 0.1) is 17.2 Å². The van der Waals surface area contributed by atoms with E-state index in [0.717, 1.165) is 0 Å². The van der Waals surface area contributed by atoms with Gasteiger partial charge in [-0.3, -0.25) is 0 Å². The molecule has 1 atom stereocenters. The molecule has 0 aliphatic carbocycles. The second-order valence-electron chi connectivity index (χ2n) is 2.87. The fourth-order valence-electron chi connectivity index (χ4n) is 1.05. The molecule has 14 heavy (non-hydrogen) atoms. The fraction of sp³-hybridized carbons (Fsp3) is 0.200. The van der Waals surface area contributed by atoms with Gasteiger partial charge in [0.2, 0.25) is 0 Å². The van der Waals surface area contributed by atoms with Crippen molar-refractivity contribution < 1.29 is 15.0 Å². The molecule has 72 valence electrons. The quantitative estimate of drug-likeness (QED) is 0.716. The first-order valence-electron chi connectivity index (χ1n) is 4.02. The molecule has 0 spiro atoms. The average molecular weight is 190 g/mol. The van der Waals surface area contributed by atoms with Crippen molar-refractivity contribution in [3.05, 3.63) is 29.8 Å². The summed E-state index contributed by atoms with van der Waals surface area (Å²) < 4.78 is 0. The van der Waals surface area contributed by atoms with Crippen molar-refractivity contribution in [2.75, 3.05) is 0 Å². The van der Waals surface area contributed by atoms with Crippen molar-refractivity contribution in [2.45, 2.75) is 6.42 Å². The first-order chi connectivity index (χ1) is 6.63. The third-order valence-electron chi connectivity index (χ3n) is 1.82. The molecule has 0 heterocycles. The Morgan fingerprint density at radius 2 is 2.07 bits per heavy atom. The number of aliphatic carboxylic acids is 1. The zero-order valence-corrected chi connectivity index (χ0v) is 7.30. The molecule has 0 fully saturated rings. The smallest absolute Gasteiger partial charge is 0.115 e. The highest BCUT2D eigenvalue weighted by Gasteiger charge is 2.09. The third kappa shape index (κ3) is 2.49. The van der Waals surface area contributed by atoms with Crippen LogP contribution in [-0.2, 0) is 11.2 Å². The number of rotatable bonds is 3. The maximum Gasteiger partial charge on any atom is 0.115 e. The molecule has 0 saturated carbocycles. The second kappa shape index (κ2) is 4.28. The molecular weight excluding hydrogens is 182 g/mol. The number of phenols is 1. The maximum atomic E-state index is 10.4. The number of hydrogen-bond donors (Lipinski definition) is 1. The van der Waals surface area contributed by atoms with Crippen LogP contribution in [0.4, 0.5) is 0 Å². The lowest BCUT2D eigenvalue weighted by Crippen LogP contribution is -2.31. The van der Waals surface area contributed by atoms with Gasteiger partial charge in [0.1, 0.15) is 5.75 Å². The van der Waals surface area contributed by atoms with Gasteiger partial charge in [-0.05, 0) is 24.1 Å². The Morgan fingerprint density at radius 1 is 1.50 bits per heavy atom. The van der Waals surface area contributed by atoms with E-state index < -0.39 is 11.9 Å². The second-order valence-corrected chi connectivity index (χ2v) is 2.87. The molecule has 4 heteroatoms. The summed E-state index contributed by atoms with van der Waals surface area (Å²) in [5.41, 5.74) is 0.679. The van der Waals surface area contributed by atoms with Crippen LogP contribution in [0.25, 0.3) is 0 Å². The molecule has 0 bridgehead atoms. The van der Waals surface area contributed by atoms with E-state index in [1.165, 1.54) is 12.1 Å². The zero-order valence-electron chi connectivity index (χ0n) is 7.30. The molecule has 0 amide bonds. The molecule has 1 aromatic carbocycles. The van der Waals surface area contributed by atoms with Crippen LogP contribution in [0.5, 0.6) is 5.75 Å². The molecule has 4 nitrogen and oxygen atoms in total. The average Bonchev–Trinajstić information content (AvgIpc) is 2.16. The number of carbonyl (C=O) groups is 1. The van der Waals surface area contributed by atoms with Gasteiger partial charge in [0.15, 0.2) is 0 Å². The summed E-state index contributed by atoms with van der Waals surface area (Å²) in [5.74, 6) is -2.41. The summed E-state index contributed by atoms with van der Waals surface area (Å²) in [6.45, 7) is 0. The maximum absolute atomic E-state index is 10.4. The molecule has 0 radical (unpaired) electrons. The molecule has 1 rings (SSSR count). The van der Waals surface area contributed by atoms with Gasteiger partial charge < -0.3 is 15.0 Å². The van der Waals surface area contributed by atoms with Gasteiger partial charge in [0, 0.05) is 0 Å². The number of nitriles is 1. The van der Waals surface area contributed by atoms with E-state index in [2.05, 4.69) is 0 Å². The van der Waals surface area contributed by atoms with Crippen LogP contribution in [0.15, 0.2) is 24.3 Å². The Balaban J connectivity index is 2.74. The number of carboxylic acids is 1. The zero-order chi connectivity index (χ0) is 10.6. The highest BCUT2D eigenvalue weighted by Crippen LogP contribution is 2.13. The molecule has 0 saturated heterocycles. The van der Waals surface area contributed by atoms with E-state index in [4.69, 9.17) is 10.4 Å². The van der Waals surface area contributed by atoms with E-state index in [9.17, 15) is 9.90 Å². The first kappa shape index (κ1) is 10.1. The largest absolute Gasteiger partial charge is 0.549 e. The first-order valence-corrected chi connectivity index (χ1v) is 4.02. The monoisotopic (exact) mass is 190 g/mol. The van der Waals surface area contributed by atoms with Gasteiger partial charge in [-0.15, -0.1) is 0 Å². The third-order valence-corrected chi connectivity index (χ3v) is 1.82. The van der Waals surface area contributed by atoms with Crippen molar-refractivity contribution in [1.82, 2.24) is 0 Å². The lowest BCUT2D eigenvalue weighted by molar-refractivity contribution is -0.309. The fourth-order valence-corrected chi connectivity index (χ4v) is 1.05. The Kier molecular flexibility index (Phi) is 3.08. The highest BCUT2D eigenvalue weighted by atomic mass is 16.4. The van der Waals surface area contributed by atoms with E-state index in [1.54, 1.807) is 18.2 Å². The predicted molar refractivity (Wildman–Crippen MR) is 45.9 cm³/mol. The van der Waals surface area contributed by atoms with E-state index in [0.29, 0.717) is 5.56 Å². The van der Waals surface area contributed by atoms with E-state index in [1.807, 2.05) is 0 Å². The van der Waals surface area contributed by atoms with Crippen molar-refractivity contribution >= 4 is 5.97 Å². The minimum absolute atomic E-state index is 0.0963. The van der Waals surface area contributed by atoms with Crippen LogP contribution in [0.3, 0.4) is 0 Å². The number of phenolic OH excluding ortho intramolecular Hbond substituents is 1. The lowest BCUT2D eigenvalue weighted by atomic mass is 10.0.